The third kappa shape index (κ3) is 3.51. The van der Waals surface area contributed by atoms with Gasteiger partial charge >= 0.3 is 0 Å². The van der Waals surface area contributed by atoms with Crippen LogP contribution in [0.5, 0.6) is 0 Å². The molecule has 0 bridgehead atoms. The molecule has 1 aromatic heterocycles. The molecule has 4 heteroatoms. The van der Waals surface area contributed by atoms with Crippen molar-refractivity contribution in [3.63, 3.8) is 0 Å². The molecule has 0 spiro atoms. The molecule has 0 aliphatic carbocycles. The topological polar surface area (TPSA) is 53.2 Å². The van der Waals surface area contributed by atoms with Gasteiger partial charge in [0.15, 0.2) is 0 Å². The molecule has 1 aromatic carbocycles. The summed E-state index contributed by atoms with van der Waals surface area (Å²) in [5.74, 6) is 0.591. The van der Waals surface area contributed by atoms with Crippen LogP contribution in [0.2, 0.25) is 0 Å². The van der Waals surface area contributed by atoms with Gasteiger partial charge in [-0.05, 0) is 24.8 Å². The first-order valence-corrected chi connectivity index (χ1v) is 7.36. The lowest BCUT2D eigenvalue weighted by molar-refractivity contribution is 0.0793. The molecule has 21 heavy (non-hydrogen) atoms. The summed E-state index contributed by atoms with van der Waals surface area (Å²) in [4.78, 5) is 28.7. The summed E-state index contributed by atoms with van der Waals surface area (Å²) < 4.78 is 0. The van der Waals surface area contributed by atoms with Crippen LogP contribution in [-0.2, 0) is 0 Å². The van der Waals surface area contributed by atoms with Gasteiger partial charge in [0.25, 0.3) is 11.5 Å². The fourth-order valence-corrected chi connectivity index (χ4v) is 2.43. The molecule has 0 aliphatic heterocycles. The minimum Gasteiger partial charge on any atom is -0.342 e. The Morgan fingerprint density at radius 1 is 1.24 bits per heavy atom. The number of amides is 1. The predicted octanol–water partition coefficient (Wildman–Crippen LogP) is 3.04. The molecular formula is C17H22N2O2. The molecular weight excluding hydrogens is 264 g/mol. The standard InChI is InChI=1S/C17H22N2O2/c1-12(2)7-6-10-19(3)17(21)15-11-18-16(20)14-9-5-4-8-13(14)15/h4-5,8-9,11-12H,6-7,10H2,1-3H3,(H,18,20). The van der Waals surface area contributed by atoms with Crippen molar-refractivity contribution >= 4 is 16.7 Å². The molecule has 0 radical (unpaired) electrons. The van der Waals surface area contributed by atoms with E-state index in [9.17, 15) is 9.59 Å². The molecule has 0 aliphatic rings. The molecule has 0 fully saturated rings. The molecule has 0 unspecified atom stereocenters. The predicted molar refractivity (Wildman–Crippen MR) is 85.6 cm³/mol. The zero-order valence-corrected chi connectivity index (χ0v) is 12.8. The second-order valence-corrected chi connectivity index (χ2v) is 5.84. The van der Waals surface area contributed by atoms with E-state index in [-0.39, 0.29) is 11.5 Å². The van der Waals surface area contributed by atoms with Crippen molar-refractivity contribution in [3.8, 4) is 0 Å². The fourth-order valence-electron chi connectivity index (χ4n) is 2.43. The van der Waals surface area contributed by atoms with Gasteiger partial charge in [-0.25, -0.2) is 0 Å². The number of fused-ring (bicyclic) bond motifs is 1. The Bertz CT molecular complexity index is 688. The van der Waals surface area contributed by atoms with Gasteiger partial charge in [0.05, 0.1) is 5.56 Å². The van der Waals surface area contributed by atoms with E-state index in [1.54, 1.807) is 17.0 Å². The maximum Gasteiger partial charge on any atom is 0.255 e. The van der Waals surface area contributed by atoms with Crippen molar-refractivity contribution in [1.82, 2.24) is 9.88 Å². The van der Waals surface area contributed by atoms with E-state index in [1.807, 2.05) is 19.2 Å². The van der Waals surface area contributed by atoms with E-state index >= 15 is 0 Å². The smallest absolute Gasteiger partial charge is 0.255 e. The van der Waals surface area contributed by atoms with Crippen LogP contribution in [0.4, 0.5) is 0 Å². The molecule has 2 rings (SSSR count). The van der Waals surface area contributed by atoms with Gasteiger partial charge in [-0.1, -0.05) is 32.0 Å². The number of aromatic amines is 1. The average Bonchev–Trinajstić information content (AvgIpc) is 2.47. The van der Waals surface area contributed by atoms with Gasteiger partial charge in [-0.3, -0.25) is 9.59 Å². The van der Waals surface area contributed by atoms with Crippen LogP contribution in [0.3, 0.4) is 0 Å². The Labute approximate surface area is 124 Å². The maximum atomic E-state index is 12.5. The quantitative estimate of drug-likeness (QED) is 0.918. The van der Waals surface area contributed by atoms with E-state index in [4.69, 9.17) is 0 Å². The van der Waals surface area contributed by atoms with Gasteiger partial charge in [-0.15, -0.1) is 0 Å². The van der Waals surface area contributed by atoms with Gasteiger partial charge in [0.1, 0.15) is 0 Å². The number of rotatable bonds is 5. The number of hydrogen-bond acceptors (Lipinski definition) is 2. The minimum atomic E-state index is -0.162. The monoisotopic (exact) mass is 286 g/mol. The van der Waals surface area contributed by atoms with Crippen LogP contribution in [0.15, 0.2) is 35.3 Å². The zero-order chi connectivity index (χ0) is 15.4. The number of nitrogens with one attached hydrogen (secondary N) is 1. The van der Waals surface area contributed by atoms with Crippen LogP contribution in [-0.4, -0.2) is 29.4 Å². The minimum absolute atomic E-state index is 0.0498. The Hall–Kier alpha value is -2.10. The van der Waals surface area contributed by atoms with Crippen molar-refractivity contribution in [1.29, 1.82) is 0 Å². The summed E-state index contributed by atoms with van der Waals surface area (Å²) in [6, 6.07) is 7.21. The third-order valence-corrected chi connectivity index (χ3v) is 3.66. The lowest BCUT2D eigenvalue weighted by atomic mass is 10.1. The Morgan fingerprint density at radius 2 is 1.90 bits per heavy atom. The maximum absolute atomic E-state index is 12.5. The molecule has 1 amide bonds. The second-order valence-electron chi connectivity index (χ2n) is 5.84. The molecule has 0 saturated carbocycles. The van der Waals surface area contributed by atoms with Crippen LogP contribution in [0.25, 0.3) is 10.8 Å². The number of aromatic nitrogens is 1. The van der Waals surface area contributed by atoms with Crippen LogP contribution < -0.4 is 5.56 Å². The van der Waals surface area contributed by atoms with Gasteiger partial charge in [0, 0.05) is 30.6 Å². The number of carbonyl (C=O) groups excluding carboxylic acids is 1. The summed E-state index contributed by atoms with van der Waals surface area (Å²) in [7, 11) is 1.81. The van der Waals surface area contributed by atoms with Crippen LogP contribution in [0.1, 0.15) is 37.0 Å². The van der Waals surface area contributed by atoms with Crippen LogP contribution in [0, 0.1) is 5.92 Å². The van der Waals surface area contributed by atoms with E-state index < -0.39 is 0 Å². The normalized spacial score (nSPS) is 11.0. The highest BCUT2D eigenvalue weighted by atomic mass is 16.2. The summed E-state index contributed by atoms with van der Waals surface area (Å²) in [5.41, 5.74) is 0.391. The van der Waals surface area contributed by atoms with Crippen molar-refractivity contribution < 1.29 is 4.79 Å². The number of carbonyl (C=O) groups is 1. The van der Waals surface area contributed by atoms with E-state index in [0.717, 1.165) is 19.4 Å². The van der Waals surface area contributed by atoms with E-state index in [2.05, 4.69) is 18.8 Å². The number of nitrogens with zero attached hydrogens (tertiary/aromatic N) is 1. The van der Waals surface area contributed by atoms with Gasteiger partial charge in [-0.2, -0.15) is 0 Å². The molecule has 4 nitrogen and oxygen atoms in total. The average molecular weight is 286 g/mol. The number of pyridine rings is 1. The van der Waals surface area contributed by atoms with Gasteiger partial charge in [0.2, 0.25) is 0 Å². The summed E-state index contributed by atoms with van der Waals surface area (Å²) in [6.07, 6.45) is 3.61. The van der Waals surface area contributed by atoms with Gasteiger partial charge < -0.3 is 9.88 Å². The molecule has 1 heterocycles. The largest absolute Gasteiger partial charge is 0.342 e. The van der Waals surface area contributed by atoms with Crippen molar-refractivity contribution in [2.45, 2.75) is 26.7 Å². The first-order chi connectivity index (χ1) is 10.0. The summed E-state index contributed by atoms with van der Waals surface area (Å²) in [5, 5.41) is 1.26. The molecule has 112 valence electrons. The Morgan fingerprint density at radius 3 is 2.57 bits per heavy atom. The highest BCUT2D eigenvalue weighted by Crippen LogP contribution is 2.16. The van der Waals surface area contributed by atoms with Crippen molar-refractivity contribution in [2.24, 2.45) is 5.92 Å². The highest BCUT2D eigenvalue weighted by Gasteiger charge is 2.15. The molecule has 0 saturated heterocycles. The number of hydrogen-bond donors (Lipinski definition) is 1. The van der Waals surface area contributed by atoms with Crippen molar-refractivity contribution in [3.05, 3.63) is 46.4 Å². The van der Waals surface area contributed by atoms with Crippen LogP contribution >= 0.6 is 0 Å². The van der Waals surface area contributed by atoms with E-state index in [0.29, 0.717) is 22.3 Å². The Kier molecular flexibility index (Phi) is 4.78. The molecule has 2 aromatic rings. The van der Waals surface area contributed by atoms with E-state index in [1.165, 1.54) is 6.20 Å². The first-order valence-electron chi connectivity index (χ1n) is 7.36. The molecule has 1 N–H and O–H groups in total. The Balaban J connectivity index is 2.23. The summed E-state index contributed by atoms with van der Waals surface area (Å²) >= 11 is 0. The number of benzene rings is 1. The fraction of sp³-hybridized carbons (Fsp3) is 0.412. The third-order valence-electron chi connectivity index (χ3n) is 3.66. The zero-order valence-electron chi connectivity index (χ0n) is 12.8. The lowest BCUT2D eigenvalue weighted by Crippen LogP contribution is -2.28. The summed E-state index contributed by atoms with van der Waals surface area (Å²) in [6.45, 7) is 5.08. The SMILES string of the molecule is CC(C)CCCN(C)C(=O)c1c[nH]c(=O)c2ccccc12. The first kappa shape index (κ1) is 15.3. The second kappa shape index (κ2) is 6.57. The highest BCUT2D eigenvalue weighted by molar-refractivity contribution is 6.06. The molecule has 0 atom stereocenters. The number of H-pyrrole nitrogens is 1. The lowest BCUT2D eigenvalue weighted by Gasteiger charge is -2.18. The van der Waals surface area contributed by atoms with Crippen molar-refractivity contribution in [2.75, 3.05) is 13.6 Å².